The number of aliphatic carboxylic acids is 1. The first-order valence-corrected chi connectivity index (χ1v) is 30.8. The number of rotatable bonds is 17. The topological polar surface area (TPSA) is 92.7 Å². The molecule has 0 saturated carbocycles. The summed E-state index contributed by atoms with van der Waals surface area (Å²) >= 11 is 0. The molecular formula is C38H82O8Si4. The second kappa shape index (κ2) is 16.9. The number of hydrogen-bond acceptors (Lipinski definition) is 7. The van der Waals surface area contributed by atoms with Crippen molar-refractivity contribution in [3.63, 3.8) is 0 Å². The van der Waals surface area contributed by atoms with E-state index >= 15 is 0 Å². The molecule has 0 aliphatic carbocycles. The van der Waals surface area contributed by atoms with Crippen LogP contribution >= 0.6 is 0 Å². The van der Waals surface area contributed by atoms with Crippen LogP contribution in [-0.2, 0) is 32.0 Å². The van der Waals surface area contributed by atoms with Gasteiger partial charge in [0.1, 0.15) is 18.3 Å². The largest absolute Gasteiger partial charge is 0.481 e. The van der Waals surface area contributed by atoms with Crippen LogP contribution in [0.5, 0.6) is 0 Å². The SMILES string of the molecule is CC[C@H](C)[C@H](C[C@@H](CC(=O)O)O[Si](C)(C)C(C)(C)C)O[C@@H]1O[C@@H](CO[Si](C)(C)C(C)(C)C)C(O[Si](C)(C)C(C)(C)C)C1O[Si](C)(C)C(C)(C)C. The van der Waals surface area contributed by atoms with Crippen molar-refractivity contribution in [3.8, 4) is 0 Å². The van der Waals surface area contributed by atoms with Gasteiger partial charge in [0.2, 0.25) is 0 Å². The van der Waals surface area contributed by atoms with Crippen LogP contribution in [0.3, 0.4) is 0 Å². The monoisotopic (exact) mass is 779 g/mol. The Hall–Kier alpha value is 0.0975. The van der Waals surface area contributed by atoms with Crippen LogP contribution < -0.4 is 0 Å². The van der Waals surface area contributed by atoms with E-state index in [1.54, 1.807) is 0 Å². The highest BCUT2D eigenvalue weighted by Gasteiger charge is 2.55. The maximum Gasteiger partial charge on any atom is 0.305 e. The molecule has 0 aromatic rings. The Bertz CT molecular complexity index is 1080. The van der Waals surface area contributed by atoms with Gasteiger partial charge in [-0.25, -0.2) is 0 Å². The molecule has 12 heteroatoms. The van der Waals surface area contributed by atoms with Gasteiger partial charge >= 0.3 is 5.97 Å². The van der Waals surface area contributed by atoms with Crippen molar-refractivity contribution in [2.75, 3.05) is 6.61 Å². The van der Waals surface area contributed by atoms with Gasteiger partial charge in [0.25, 0.3) is 0 Å². The summed E-state index contributed by atoms with van der Waals surface area (Å²) in [5.74, 6) is -0.729. The highest BCUT2D eigenvalue weighted by atomic mass is 28.4. The summed E-state index contributed by atoms with van der Waals surface area (Å²) in [6.45, 7) is 49.6. The van der Waals surface area contributed by atoms with Gasteiger partial charge in [-0.1, -0.05) is 103 Å². The fourth-order valence-electron chi connectivity index (χ4n) is 4.82. The quantitative estimate of drug-likeness (QED) is 0.146. The molecule has 1 aliphatic rings. The molecule has 1 rings (SSSR count). The average molecular weight is 779 g/mol. The van der Waals surface area contributed by atoms with Gasteiger partial charge in [0.15, 0.2) is 39.6 Å². The highest BCUT2D eigenvalue weighted by Crippen LogP contribution is 2.46. The second-order valence-electron chi connectivity index (χ2n) is 21.2. The Kier molecular flexibility index (Phi) is 16.2. The molecule has 0 amide bonds. The minimum Gasteiger partial charge on any atom is -0.481 e. The van der Waals surface area contributed by atoms with Crippen LogP contribution in [0, 0.1) is 5.92 Å². The number of carboxylic acid groups (broad SMARTS) is 1. The third kappa shape index (κ3) is 12.9. The van der Waals surface area contributed by atoms with Gasteiger partial charge < -0.3 is 32.3 Å². The number of ether oxygens (including phenoxy) is 2. The number of carboxylic acids is 1. The Labute approximate surface area is 313 Å². The molecule has 1 fully saturated rings. The van der Waals surface area contributed by atoms with E-state index in [0.717, 1.165) is 6.42 Å². The van der Waals surface area contributed by atoms with E-state index < -0.39 is 57.7 Å². The van der Waals surface area contributed by atoms with Gasteiger partial charge in [0, 0.05) is 0 Å². The second-order valence-corrected chi connectivity index (χ2v) is 40.3. The fourth-order valence-corrected chi connectivity index (χ4v) is 9.80. The molecule has 2 unspecified atom stereocenters. The van der Waals surface area contributed by atoms with Crippen LogP contribution in [0.25, 0.3) is 0 Å². The molecule has 0 bridgehead atoms. The molecule has 0 aromatic carbocycles. The van der Waals surface area contributed by atoms with Gasteiger partial charge in [-0.3, -0.25) is 4.79 Å². The molecular weight excluding hydrogens is 697 g/mol. The summed E-state index contributed by atoms with van der Waals surface area (Å²) in [4.78, 5) is 12.2. The highest BCUT2D eigenvalue weighted by molar-refractivity contribution is 6.75. The van der Waals surface area contributed by atoms with Gasteiger partial charge in [0.05, 0.1) is 25.2 Å². The van der Waals surface area contributed by atoms with Gasteiger partial charge in [-0.05, 0) is 84.9 Å². The number of carbonyl (C=O) groups is 1. The van der Waals surface area contributed by atoms with E-state index in [9.17, 15) is 9.90 Å². The van der Waals surface area contributed by atoms with Crippen molar-refractivity contribution in [2.24, 2.45) is 5.92 Å². The van der Waals surface area contributed by atoms with E-state index in [0.29, 0.717) is 13.0 Å². The molecule has 50 heavy (non-hydrogen) atoms. The van der Waals surface area contributed by atoms with Crippen molar-refractivity contribution in [1.29, 1.82) is 0 Å². The van der Waals surface area contributed by atoms with Crippen molar-refractivity contribution < 1.29 is 37.1 Å². The molecule has 1 saturated heterocycles. The lowest BCUT2D eigenvalue weighted by molar-refractivity contribution is -0.205. The minimum absolute atomic E-state index is 0.0251. The van der Waals surface area contributed by atoms with Crippen LogP contribution in [0.4, 0.5) is 0 Å². The fraction of sp³-hybridized carbons (Fsp3) is 0.974. The van der Waals surface area contributed by atoms with E-state index in [1.807, 2.05) is 0 Å². The zero-order valence-corrected chi connectivity index (χ0v) is 40.7. The molecule has 298 valence electrons. The van der Waals surface area contributed by atoms with Gasteiger partial charge in [-0.2, -0.15) is 0 Å². The minimum atomic E-state index is -2.34. The van der Waals surface area contributed by atoms with E-state index in [2.05, 4.69) is 149 Å². The Balaban J connectivity index is 3.80. The van der Waals surface area contributed by atoms with Crippen molar-refractivity contribution in [3.05, 3.63) is 0 Å². The molecule has 1 heterocycles. The zero-order chi connectivity index (χ0) is 39.7. The molecule has 1 N–H and O–H groups in total. The lowest BCUT2D eigenvalue weighted by atomic mass is 9.95. The molecule has 1 aliphatic heterocycles. The van der Waals surface area contributed by atoms with Crippen LogP contribution in [0.15, 0.2) is 0 Å². The first kappa shape index (κ1) is 48.1. The lowest BCUT2D eigenvalue weighted by Gasteiger charge is -2.44. The Morgan fingerprint density at radius 3 is 1.50 bits per heavy atom. The van der Waals surface area contributed by atoms with Crippen LogP contribution in [-0.4, -0.2) is 87.8 Å². The first-order chi connectivity index (χ1) is 22.0. The van der Waals surface area contributed by atoms with E-state index in [4.69, 9.17) is 27.2 Å². The predicted molar refractivity (Wildman–Crippen MR) is 219 cm³/mol. The lowest BCUT2D eigenvalue weighted by Crippen LogP contribution is -2.55. The van der Waals surface area contributed by atoms with Crippen molar-refractivity contribution in [2.45, 2.75) is 226 Å². The third-order valence-corrected chi connectivity index (χ3v) is 30.9. The number of hydrogen-bond donors (Lipinski definition) is 1. The molecule has 8 nitrogen and oxygen atoms in total. The van der Waals surface area contributed by atoms with E-state index in [-0.39, 0.29) is 50.8 Å². The van der Waals surface area contributed by atoms with Crippen molar-refractivity contribution in [1.82, 2.24) is 0 Å². The van der Waals surface area contributed by atoms with E-state index in [1.165, 1.54) is 0 Å². The average Bonchev–Trinajstić information content (AvgIpc) is 3.17. The molecule has 7 atom stereocenters. The summed E-state index contributed by atoms with van der Waals surface area (Å²) < 4.78 is 42.3. The smallest absolute Gasteiger partial charge is 0.305 e. The summed E-state index contributed by atoms with van der Waals surface area (Å²) in [6, 6.07) is 0. The van der Waals surface area contributed by atoms with Gasteiger partial charge in [-0.15, -0.1) is 0 Å². The normalized spacial score (nSPS) is 24.0. The summed E-state index contributed by atoms with van der Waals surface area (Å²) in [5.41, 5.74) is 0. The molecule has 0 radical (unpaired) electrons. The first-order valence-electron chi connectivity index (χ1n) is 19.2. The molecule has 0 aromatic heterocycles. The summed E-state index contributed by atoms with van der Waals surface area (Å²) in [5, 5.41) is 9.89. The standard InChI is InChI=1S/C38H82O8Si4/c1-23-27(2)29(24-28(25-31(39)40)44-48(17,18)36(6,7)8)42-34-33(46-50(21,22)38(12,13)14)32(45-49(19,20)37(9,10)11)30(43-34)26-41-47(15,16)35(3,4)5/h27-30,32-34H,23-26H2,1-22H3,(H,39,40)/t27-,28-,29-,30-,32?,33?,34+/m0/s1. The van der Waals surface area contributed by atoms with Crippen molar-refractivity contribution >= 4 is 39.2 Å². The predicted octanol–water partition coefficient (Wildman–Crippen LogP) is 11.2. The van der Waals surface area contributed by atoms with Crippen LogP contribution in [0.2, 0.25) is 72.5 Å². The maximum absolute atomic E-state index is 12.2. The summed E-state index contributed by atoms with van der Waals surface area (Å²) in [6.07, 6.45) is -1.47. The van der Waals surface area contributed by atoms with Crippen LogP contribution in [0.1, 0.15) is 116 Å². The summed E-state index contributed by atoms with van der Waals surface area (Å²) in [7, 11) is -9.02. The Morgan fingerprint density at radius 2 is 1.12 bits per heavy atom. The maximum atomic E-state index is 12.2. The third-order valence-electron chi connectivity index (χ3n) is 12.9. The molecule has 0 spiro atoms. The Morgan fingerprint density at radius 1 is 0.700 bits per heavy atom. The zero-order valence-electron chi connectivity index (χ0n) is 36.7.